The summed E-state index contributed by atoms with van der Waals surface area (Å²) < 4.78 is 33.7. The molecule has 116 valence electrons. The van der Waals surface area contributed by atoms with E-state index in [-0.39, 0.29) is 18.4 Å². The lowest BCUT2D eigenvalue weighted by Crippen LogP contribution is -2.47. The number of halogens is 2. The SMILES string of the molecule is CC1CN(C(N)=NCc2ccc(OC(F)F)cn2)CCO1. The number of ether oxygens (including phenoxy) is 2. The second kappa shape index (κ2) is 7.16. The lowest BCUT2D eigenvalue weighted by molar-refractivity contribution is -0.0500. The van der Waals surface area contributed by atoms with Crippen LogP contribution in [0.3, 0.4) is 0 Å². The molecule has 1 aromatic rings. The van der Waals surface area contributed by atoms with Gasteiger partial charge in [0.25, 0.3) is 0 Å². The van der Waals surface area contributed by atoms with Crippen molar-refractivity contribution in [1.29, 1.82) is 0 Å². The Kier molecular flexibility index (Phi) is 5.26. The van der Waals surface area contributed by atoms with Crippen LogP contribution in [0.15, 0.2) is 23.3 Å². The first-order valence-electron chi connectivity index (χ1n) is 6.61. The van der Waals surface area contributed by atoms with E-state index in [2.05, 4.69) is 14.7 Å². The monoisotopic (exact) mass is 300 g/mol. The van der Waals surface area contributed by atoms with Crippen LogP contribution in [-0.2, 0) is 11.3 Å². The molecule has 8 heteroatoms. The minimum Gasteiger partial charge on any atom is -0.433 e. The Morgan fingerprint density at radius 2 is 2.43 bits per heavy atom. The molecule has 6 nitrogen and oxygen atoms in total. The van der Waals surface area contributed by atoms with E-state index in [9.17, 15) is 8.78 Å². The first kappa shape index (κ1) is 15.4. The zero-order valence-electron chi connectivity index (χ0n) is 11.7. The molecule has 1 aliphatic rings. The molecule has 1 fully saturated rings. The van der Waals surface area contributed by atoms with Crippen LogP contribution in [0.4, 0.5) is 8.78 Å². The van der Waals surface area contributed by atoms with E-state index >= 15 is 0 Å². The molecule has 0 spiro atoms. The number of hydrogen-bond acceptors (Lipinski definition) is 4. The summed E-state index contributed by atoms with van der Waals surface area (Å²) in [4.78, 5) is 10.2. The summed E-state index contributed by atoms with van der Waals surface area (Å²) in [6.45, 7) is 1.43. The maximum atomic E-state index is 12.0. The van der Waals surface area contributed by atoms with Crippen molar-refractivity contribution in [3.05, 3.63) is 24.0 Å². The average Bonchev–Trinajstić information content (AvgIpc) is 2.45. The first-order chi connectivity index (χ1) is 10.0. The molecule has 1 unspecified atom stereocenters. The Bertz CT molecular complexity index is 482. The van der Waals surface area contributed by atoms with E-state index in [4.69, 9.17) is 10.5 Å². The van der Waals surface area contributed by atoms with Gasteiger partial charge in [-0.3, -0.25) is 4.98 Å². The lowest BCUT2D eigenvalue weighted by atomic mass is 10.3. The van der Waals surface area contributed by atoms with Crippen molar-refractivity contribution >= 4 is 5.96 Å². The molecule has 1 atom stereocenters. The van der Waals surface area contributed by atoms with Gasteiger partial charge in [-0.05, 0) is 19.1 Å². The maximum absolute atomic E-state index is 12.0. The van der Waals surface area contributed by atoms with Crippen molar-refractivity contribution in [2.75, 3.05) is 19.7 Å². The van der Waals surface area contributed by atoms with Crippen LogP contribution in [0.1, 0.15) is 12.6 Å². The molecule has 0 aliphatic carbocycles. The van der Waals surface area contributed by atoms with E-state index in [0.717, 1.165) is 0 Å². The van der Waals surface area contributed by atoms with Gasteiger partial charge in [-0.1, -0.05) is 0 Å². The highest BCUT2D eigenvalue weighted by Gasteiger charge is 2.17. The largest absolute Gasteiger partial charge is 0.433 e. The van der Waals surface area contributed by atoms with E-state index in [1.54, 1.807) is 6.07 Å². The molecule has 2 N–H and O–H groups in total. The first-order valence-corrected chi connectivity index (χ1v) is 6.61. The van der Waals surface area contributed by atoms with Gasteiger partial charge in [0, 0.05) is 13.1 Å². The summed E-state index contributed by atoms with van der Waals surface area (Å²) in [6.07, 6.45) is 1.36. The Morgan fingerprint density at radius 3 is 3.05 bits per heavy atom. The standard InChI is InChI=1S/C13H18F2N4O2/c1-9-8-19(4-5-20-9)13(16)18-6-10-2-3-11(7-17-10)21-12(14)15/h2-3,7,9,12H,4-6,8H2,1H3,(H2,16,18). The number of aliphatic imine (C=N–C) groups is 1. The van der Waals surface area contributed by atoms with Gasteiger partial charge < -0.3 is 20.1 Å². The summed E-state index contributed by atoms with van der Waals surface area (Å²) in [5.41, 5.74) is 6.55. The van der Waals surface area contributed by atoms with Crippen molar-refractivity contribution in [3.63, 3.8) is 0 Å². The highest BCUT2D eigenvalue weighted by Crippen LogP contribution is 2.13. The van der Waals surface area contributed by atoms with Crippen LogP contribution < -0.4 is 10.5 Å². The van der Waals surface area contributed by atoms with Gasteiger partial charge >= 0.3 is 6.61 Å². The fourth-order valence-corrected chi connectivity index (χ4v) is 1.97. The van der Waals surface area contributed by atoms with Gasteiger partial charge in [0.1, 0.15) is 5.75 Å². The van der Waals surface area contributed by atoms with E-state index in [1.807, 2.05) is 11.8 Å². The van der Waals surface area contributed by atoms with Gasteiger partial charge in [-0.15, -0.1) is 0 Å². The van der Waals surface area contributed by atoms with Crippen LogP contribution in [0.25, 0.3) is 0 Å². The van der Waals surface area contributed by atoms with Crippen LogP contribution in [-0.4, -0.2) is 48.3 Å². The van der Waals surface area contributed by atoms with Crippen molar-refractivity contribution in [2.45, 2.75) is 26.2 Å². The average molecular weight is 300 g/mol. The van der Waals surface area contributed by atoms with Crippen molar-refractivity contribution < 1.29 is 18.3 Å². The van der Waals surface area contributed by atoms with Crippen LogP contribution in [0.2, 0.25) is 0 Å². The minimum absolute atomic E-state index is 0.0210. The number of alkyl halides is 2. The second-order valence-electron chi connectivity index (χ2n) is 4.67. The molecular formula is C13H18F2N4O2. The summed E-state index contributed by atoms with van der Waals surface area (Å²) >= 11 is 0. The molecule has 0 aromatic carbocycles. The molecule has 2 heterocycles. The van der Waals surface area contributed by atoms with Crippen molar-refractivity contribution in [1.82, 2.24) is 9.88 Å². The van der Waals surface area contributed by atoms with E-state index in [1.165, 1.54) is 12.3 Å². The Labute approximate surface area is 121 Å². The summed E-state index contributed by atoms with van der Waals surface area (Å²) in [7, 11) is 0. The highest BCUT2D eigenvalue weighted by atomic mass is 19.3. The summed E-state index contributed by atoms with van der Waals surface area (Å²) in [5, 5.41) is 0. The summed E-state index contributed by atoms with van der Waals surface area (Å²) in [6, 6.07) is 3.01. The normalized spacial score (nSPS) is 19.9. The Morgan fingerprint density at radius 1 is 1.62 bits per heavy atom. The number of hydrogen-bond donors (Lipinski definition) is 1. The predicted octanol–water partition coefficient (Wildman–Crippen LogP) is 1.22. The minimum atomic E-state index is -2.85. The van der Waals surface area contributed by atoms with Crippen LogP contribution >= 0.6 is 0 Å². The topological polar surface area (TPSA) is 73.0 Å². The molecule has 1 aromatic heterocycles. The number of nitrogens with zero attached hydrogens (tertiary/aromatic N) is 3. The zero-order valence-corrected chi connectivity index (χ0v) is 11.7. The number of pyridine rings is 1. The maximum Gasteiger partial charge on any atom is 0.387 e. The quantitative estimate of drug-likeness (QED) is 0.668. The second-order valence-corrected chi connectivity index (χ2v) is 4.67. The Balaban J connectivity index is 1.90. The fraction of sp³-hybridized carbons (Fsp3) is 0.538. The molecule has 0 bridgehead atoms. The van der Waals surface area contributed by atoms with Crippen molar-refractivity contribution in [2.24, 2.45) is 10.7 Å². The predicted molar refractivity (Wildman–Crippen MR) is 73.2 cm³/mol. The number of aromatic nitrogens is 1. The van der Waals surface area contributed by atoms with Crippen molar-refractivity contribution in [3.8, 4) is 5.75 Å². The van der Waals surface area contributed by atoms with Gasteiger partial charge in [0.05, 0.1) is 31.1 Å². The number of morpholine rings is 1. The molecule has 1 saturated heterocycles. The summed E-state index contributed by atoms with van der Waals surface area (Å²) in [5.74, 6) is 0.451. The van der Waals surface area contributed by atoms with E-state index < -0.39 is 6.61 Å². The van der Waals surface area contributed by atoms with Gasteiger partial charge in [-0.25, -0.2) is 4.99 Å². The smallest absolute Gasteiger partial charge is 0.387 e. The number of guanidine groups is 1. The number of rotatable bonds is 4. The zero-order chi connectivity index (χ0) is 15.2. The molecule has 21 heavy (non-hydrogen) atoms. The molecular weight excluding hydrogens is 282 g/mol. The molecule has 0 amide bonds. The third-order valence-corrected chi connectivity index (χ3v) is 2.99. The van der Waals surface area contributed by atoms with E-state index in [0.29, 0.717) is 31.3 Å². The molecule has 2 rings (SSSR count). The molecule has 1 aliphatic heterocycles. The van der Waals surface area contributed by atoms with Gasteiger partial charge in [0.15, 0.2) is 5.96 Å². The van der Waals surface area contributed by atoms with Crippen LogP contribution in [0, 0.1) is 0 Å². The molecule has 0 saturated carbocycles. The third kappa shape index (κ3) is 4.82. The lowest BCUT2D eigenvalue weighted by Gasteiger charge is -2.31. The Hall–Kier alpha value is -1.96. The van der Waals surface area contributed by atoms with Gasteiger partial charge in [0.2, 0.25) is 0 Å². The highest BCUT2D eigenvalue weighted by molar-refractivity contribution is 5.78. The van der Waals surface area contributed by atoms with Crippen LogP contribution in [0.5, 0.6) is 5.75 Å². The number of nitrogens with two attached hydrogens (primary N) is 1. The van der Waals surface area contributed by atoms with Gasteiger partial charge in [-0.2, -0.15) is 8.78 Å². The third-order valence-electron chi connectivity index (χ3n) is 2.99. The fourth-order valence-electron chi connectivity index (χ4n) is 1.97. The molecule has 0 radical (unpaired) electrons.